The number of nitrogens with one attached hydrogen (secondary N) is 1. The molecule has 1 aliphatic rings. The van der Waals surface area contributed by atoms with Crippen LogP contribution >= 0.6 is 0 Å². The molecule has 1 fully saturated rings. The summed E-state index contributed by atoms with van der Waals surface area (Å²) in [6.45, 7) is 8.87. The quantitative estimate of drug-likeness (QED) is 0.833. The molecular weight excluding hydrogens is 320 g/mol. The van der Waals surface area contributed by atoms with E-state index in [4.69, 9.17) is 0 Å². The lowest BCUT2D eigenvalue weighted by molar-refractivity contribution is -0.131. The molecule has 2 aromatic rings. The van der Waals surface area contributed by atoms with Gasteiger partial charge in [-0.05, 0) is 48.9 Å². The van der Waals surface area contributed by atoms with Crippen molar-refractivity contribution in [3.8, 4) is 11.1 Å². The highest BCUT2D eigenvalue weighted by Crippen LogP contribution is 2.33. The minimum absolute atomic E-state index is 0.167. The summed E-state index contributed by atoms with van der Waals surface area (Å²) in [7, 11) is 0. The van der Waals surface area contributed by atoms with E-state index in [9.17, 15) is 4.79 Å². The van der Waals surface area contributed by atoms with Crippen molar-refractivity contribution in [1.82, 2.24) is 10.2 Å². The molecule has 0 aliphatic carbocycles. The van der Waals surface area contributed by atoms with Gasteiger partial charge in [0.1, 0.15) is 0 Å². The highest BCUT2D eigenvalue weighted by atomic mass is 16.2. The van der Waals surface area contributed by atoms with Gasteiger partial charge in [-0.3, -0.25) is 9.69 Å². The van der Waals surface area contributed by atoms with Crippen molar-refractivity contribution in [2.24, 2.45) is 5.92 Å². The number of carbonyl (C=O) groups excluding carboxylic acids is 1. The lowest BCUT2D eigenvalue weighted by Gasteiger charge is -2.34. The maximum absolute atomic E-state index is 12.9. The average molecular weight is 351 g/mol. The number of nitrogens with zero attached hydrogens (tertiary/aromatic N) is 1. The van der Waals surface area contributed by atoms with Crippen LogP contribution in [0.4, 0.5) is 0 Å². The number of hydrogen-bond donors (Lipinski definition) is 1. The second-order valence-corrected chi connectivity index (χ2v) is 7.93. The van der Waals surface area contributed by atoms with Crippen molar-refractivity contribution in [3.63, 3.8) is 0 Å². The van der Waals surface area contributed by atoms with Crippen LogP contribution in [0.25, 0.3) is 11.1 Å². The van der Waals surface area contributed by atoms with Crippen molar-refractivity contribution >= 4 is 5.91 Å². The zero-order valence-electron chi connectivity index (χ0n) is 16.2. The van der Waals surface area contributed by atoms with Gasteiger partial charge in [-0.2, -0.15) is 0 Å². The van der Waals surface area contributed by atoms with Crippen LogP contribution in [0, 0.1) is 5.92 Å². The summed E-state index contributed by atoms with van der Waals surface area (Å²) in [5, 5.41) is 3.15. The first-order valence-corrected chi connectivity index (χ1v) is 9.67. The van der Waals surface area contributed by atoms with Crippen LogP contribution in [0.2, 0.25) is 0 Å². The number of likely N-dealkylation sites (tertiary alicyclic amines) is 1. The fraction of sp³-hybridized carbons (Fsp3) is 0.435. The van der Waals surface area contributed by atoms with E-state index in [1.807, 2.05) is 6.07 Å². The molecule has 3 nitrogen and oxygen atoms in total. The molecule has 3 rings (SSSR count). The largest absolute Gasteiger partial charge is 0.354 e. The van der Waals surface area contributed by atoms with E-state index in [0.717, 1.165) is 32.5 Å². The molecule has 1 unspecified atom stereocenters. The molecule has 1 atom stereocenters. The molecule has 0 spiro atoms. The Hall–Kier alpha value is -2.13. The molecule has 0 aromatic heterocycles. The van der Waals surface area contributed by atoms with E-state index < -0.39 is 5.54 Å². The Balaban J connectivity index is 1.81. The van der Waals surface area contributed by atoms with Crippen LogP contribution in [0.3, 0.4) is 0 Å². The second-order valence-electron chi connectivity index (χ2n) is 7.93. The predicted molar refractivity (Wildman–Crippen MR) is 108 cm³/mol. The Kier molecular flexibility index (Phi) is 5.77. The molecule has 0 saturated carbocycles. The SMILES string of the molecule is CC(C)CNC(=O)C1(C)CCCN1Cc1ccccc1-c1ccccc1. The second kappa shape index (κ2) is 8.05. The van der Waals surface area contributed by atoms with Crippen molar-refractivity contribution in [2.45, 2.75) is 45.7 Å². The fourth-order valence-corrected chi connectivity index (χ4v) is 3.78. The van der Waals surface area contributed by atoms with Crippen molar-refractivity contribution in [3.05, 3.63) is 60.2 Å². The third kappa shape index (κ3) is 3.99. The molecule has 1 aliphatic heterocycles. The van der Waals surface area contributed by atoms with Crippen LogP contribution in [0.1, 0.15) is 39.2 Å². The minimum atomic E-state index is -0.418. The maximum atomic E-state index is 12.9. The van der Waals surface area contributed by atoms with Crippen LogP contribution in [-0.4, -0.2) is 29.4 Å². The average Bonchev–Trinajstić information content (AvgIpc) is 3.02. The highest BCUT2D eigenvalue weighted by Gasteiger charge is 2.42. The maximum Gasteiger partial charge on any atom is 0.240 e. The Morgan fingerprint density at radius 2 is 1.81 bits per heavy atom. The van der Waals surface area contributed by atoms with Crippen LogP contribution in [-0.2, 0) is 11.3 Å². The normalized spacial score (nSPS) is 20.5. The molecule has 1 N–H and O–H groups in total. The zero-order valence-corrected chi connectivity index (χ0v) is 16.2. The summed E-state index contributed by atoms with van der Waals surface area (Å²) in [5.74, 6) is 0.636. The number of hydrogen-bond acceptors (Lipinski definition) is 2. The molecule has 0 radical (unpaired) electrons. The number of amides is 1. The summed E-state index contributed by atoms with van der Waals surface area (Å²) in [6.07, 6.45) is 1.99. The van der Waals surface area contributed by atoms with Gasteiger partial charge in [-0.15, -0.1) is 0 Å². The molecule has 3 heteroatoms. The first-order valence-electron chi connectivity index (χ1n) is 9.67. The molecule has 138 valence electrons. The zero-order chi connectivity index (χ0) is 18.6. The van der Waals surface area contributed by atoms with Gasteiger partial charge in [0.2, 0.25) is 5.91 Å². The molecule has 1 saturated heterocycles. The van der Waals surface area contributed by atoms with Crippen molar-refractivity contribution in [1.29, 1.82) is 0 Å². The third-order valence-electron chi connectivity index (χ3n) is 5.41. The molecule has 1 amide bonds. The van der Waals surface area contributed by atoms with Crippen LogP contribution < -0.4 is 5.32 Å². The number of rotatable bonds is 6. The lowest BCUT2D eigenvalue weighted by Crippen LogP contribution is -2.53. The van der Waals surface area contributed by atoms with Gasteiger partial charge in [0.15, 0.2) is 0 Å². The van der Waals surface area contributed by atoms with Crippen LogP contribution in [0.5, 0.6) is 0 Å². The fourth-order valence-electron chi connectivity index (χ4n) is 3.78. The standard InChI is InChI=1S/C23H30N2O/c1-18(2)16-24-22(26)23(3)14-9-15-25(23)17-20-12-7-8-13-21(20)19-10-5-4-6-11-19/h4-8,10-13,18H,9,14-17H2,1-3H3,(H,24,26). The topological polar surface area (TPSA) is 32.3 Å². The minimum Gasteiger partial charge on any atom is -0.354 e. The van der Waals surface area contributed by atoms with Crippen molar-refractivity contribution < 1.29 is 4.79 Å². The van der Waals surface area contributed by atoms with E-state index in [0.29, 0.717) is 5.92 Å². The molecule has 0 bridgehead atoms. The highest BCUT2D eigenvalue weighted by molar-refractivity contribution is 5.86. The molecule has 1 heterocycles. The smallest absolute Gasteiger partial charge is 0.240 e. The van der Waals surface area contributed by atoms with Gasteiger partial charge in [0.25, 0.3) is 0 Å². The Morgan fingerprint density at radius 1 is 1.12 bits per heavy atom. The summed E-state index contributed by atoms with van der Waals surface area (Å²) < 4.78 is 0. The van der Waals surface area contributed by atoms with Crippen LogP contribution in [0.15, 0.2) is 54.6 Å². The van der Waals surface area contributed by atoms with Crippen molar-refractivity contribution in [2.75, 3.05) is 13.1 Å². The summed E-state index contributed by atoms with van der Waals surface area (Å²) in [4.78, 5) is 15.2. The Morgan fingerprint density at radius 3 is 2.54 bits per heavy atom. The summed E-state index contributed by atoms with van der Waals surface area (Å²) in [5.41, 5.74) is 3.35. The molecule has 2 aromatic carbocycles. The van der Waals surface area contributed by atoms with E-state index in [-0.39, 0.29) is 5.91 Å². The van der Waals surface area contributed by atoms with E-state index in [1.165, 1.54) is 16.7 Å². The number of carbonyl (C=O) groups is 1. The van der Waals surface area contributed by atoms with Gasteiger partial charge in [0.05, 0.1) is 5.54 Å². The Bertz CT molecular complexity index is 741. The van der Waals surface area contributed by atoms with E-state index in [1.54, 1.807) is 0 Å². The van der Waals surface area contributed by atoms with E-state index in [2.05, 4.69) is 79.5 Å². The third-order valence-corrected chi connectivity index (χ3v) is 5.41. The monoisotopic (exact) mass is 350 g/mol. The van der Waals surface area contributed by atoms with Gasteiger partial charge in [-0.1, -0.05) is 68.4 Å². The van der Waals surface area contributed by atoms with E-state index >= 15 is 0 Å². The van der Waals surface area contributed by atoms with Gasteiger partial charge < -0.3 is 5.32 Å². The molecular formula is C23H30N2O. The number of benzene rings is 2. The lowest BCUT2D eigenvalue weighted by atomic mass is 9.95. The summed E-state index contributed by atoms with van der Waals surface area (Å²) >= 11 is 0. The summed E-state index contributed by atoms with van der Waals surface area (Å²) in [6, 6.07) is 19.0. The van der Waals surface area contributed by atoms with Gasteiger partial charge in [-0.25, -0.2) is 0 Å². The van der Waals surface area contributed by atoms with Gasteiger partial charge in [0, 0.05) is 13.1 Å². The van der Waals surface area contributed by atoms with Gasteiger partial charge >= 0.3 is 0 Å². The molecule has 26 heavy (non-hydrogen) atoms. The first kappa shape index (κ1) is 18.7. The first-order chi connectivity index (χ1) is 12.5. The predicted octanol–water partition coefficient (Wildman–Crippen LogP) is 4.48. The Labute approximate surface area is 157 Å².